The molecule has 0 saturated carbocycles. The Hall–Kier alpha value is -1.43. The van der Waals surface area contributed by atoms with Gasteiger partial charge in [-0.05, 0) is 26.2 Å². The van der Waals surface area contributed by atoms with E-state index in [2.05, 4.69) is 24.1 Å². The molecule has 1 aromatic rings. The Morgan fingerprint density at radius 2 is 2.14 bits per heavy atom. The van der Waals surface area contributed by atoms with Crippen LogP contribution in [0.1, 0.15) is 37.9 Å². The van der Waals surface area contributed by atoms with Crippen molar-refractivity contribution in [2.45, 2.75) is 52.6 Å². The molecule has 1 fully saturated rings. The van der Waals surface area contributed by atoms with Crippen LogP contribution in [-0.4, -0.2) is 40.3 Å². The van der Waals surface area contributed by atoms with Crippen molar-refractivity contribution in [2.75, 3.05) is 6.54 Å². The topological polar surface area (TPSA) is 62.3 Å². The molecule has 0 radical (unpaired) electrons. The summed E-state index contributed by atoms with van der Waals surface area (Å²) >= 11 is 1.60. The number of nitrogens with one attached hydrogen (secondary N) is 1. The van der Waals surface area contributed by atoms with Crippen LogP contribution >= 0.6 is 11.3 Å². The molecule has 5 nitrogen and oxygen atoms in total. The number of carbonyl (C=O) groups is 2. The third kappa shape index (κ3) is 3.81. The second-order valence-corrected chi connectivity index (χ2v) is 6.97. The zero-order valence-corrected chi connectivity index (χ0v) is 13.9. The average Bonchev–Trinajstić information content (AvgIpc) is 2.81. The zero-order chi connectivity index (χ0) is 15.6. The van der Waals surface area contributed by atoms with Crippen molar-refractivity contribution in [1.82, 2.24) is 15.2 Å². The predicted octanol–water partition coefficient (Wildman–Crippen LogP) is 1.76. The summed E-state index contributed by atoms with van der Waals surface area (Å²) in [7, 11) is 0. The van der Waals surface area contributed by atoms with Crippen LogP contribution in [0.5, 0.6) is 0 Å². The van der Waals surface area contributed by atoms with Gasteiger partial charge in [-0.15, -0.1) is 11.3 Å². The molecule has 1 N–H and O–H groups in total. The summed E-state index contributed by atoms with van der Waals surface area (Å²) < 4.78 is 0. The first kappa shape index (κ1) is 15.9. The van der Waals surface area contributed by atoms with Crippen LogP contribution in [0, 0.1) is 12.8 Å². The van der Waals surface area contributed by atoms with E-state index in [1.807, 2.05) is 12.3 Å². The SMILES string of the molecule is Cc1csc(CCN2C(=O)C(CC(C)C)NC(=O)C2C)n1. The summed E-state index contributed by atoms with van der Waals surface area (Å²) in [5.74, 6) is 0.343. The Kier molecular flexibility index (Phi) is 4.98. The second kappa shape index (κ2) is 6.56. The number of aromatic nitrogens is 1. The maximum absolute atomic E-state index is 12.5. The summed E-state index contributed by atoms with van der Waals surface area (Å²) in [5, 5.41) is 5.85. The number of amides is 2. The lowest BCUT2D eigenvalue weighted by atomic mass is 9.99. The van der Waals surface area contributed by atoms with Crippen LogP contribution in [0.25, 0.3) is 0 Å². The van der Waals surface area contributed by atoms with Gasteiger partial charge in [0.25, 0.3) is 0 Å². The highest BCUT2D eigenvalue weighted by Crippen LogP contribution is 2.17. The van der Waals surface area contributed by atoms with Crippen molar-refractivity contribution in [1.29, 1.82) is 0 Å². The van der Waals surface area contributed by atoms with Crippen molar-refractivity contribution in [3.8, 4) is 0 Å². The molecule has 116 valence electrons. The Labute approximate surface area is 129 Å². The molecule has 2 atom stereocenters. The Balaban J connectivity index is 2.04. The van der Waals surface area contributed by atoms with Gasteiger partial charge < -0.3 is 10.2 Å². The first-order valence-electron chi connectivity index (χ1n) is 7.40. The predicted molar refractivity (Wildman–Crippen MR) is 83.1 cm³/mol. The van der Waals surface area contributed by atoms with Gasteiger partial charge in [-0.3, -0.25) is 9.59 Å². The van der Waals surface area contributed by atoms with Crippen molar-refractivity contribution >= 4 is 23.2 Å². The molecule has 1 aliphatic heterocycles. The van der Waals surface area contributed by atoms with E-state index in [1.165, 1.54) is 0 Å². The molecule has 2 unspecified atom stereocenters. The number of rotatable bonds is 5. The lowest BCUT2D eigenvalue weighted by molar-refractivity contribution is -0.149. The molecule has 0 bridgehead atoms. The second-order valence-electron chi connectivity index (χ2n) is 6.03. The number of thiazole rings is 1. The number of carbonyl (C=O) groups excluding carboxylic acids is 2. The van der Waals surface area contributed by atoms with E-state index in [0.717, 1.165) is 10.7 Å². The minimum atomic E-state index is -0.401. The molecule has 0 spiro atoms. The van der Waals surface area contributed by atoms with Gasteiger partial charge in [0.1, 0.15) is 12.1 Å². The normalized spacial score (nSPS) is 22.8. The van der Waals surface area contributed by atoms with E-state index < -0.39 is 6.04 Å². The quantitative estimate of drug-likeness (QED) is 0.901. The molecule has 2 amide bonds. The van der Waals surface area contributed by atoms with Gasteiger partial charge in [-0.1, -0.05) is 13.8 Å². The standard InChI is InChI=1S/C15H23N3O2S/c1-9(2)7-12-15(20)18(11(4)14(19)17-12)6-5-13-16-10(3)8-21-13/h8-9,11-12H,5-7H2,1-4H3,(H,17,19). The van der Waals surface area contributed by atoms with Gasteiger partial charge in [0.15, 0.2) is 0 Å². The minimum Gasteiger partial charge on any atom is -0.343 e. The Morgan fingerprint density at radius 3 is 2.71 bits per heavy atom. The third-order valence-electron chi connectivity index (χ3n) is 3.68. The fraction of sp³-hybridized carbons (Fsp3) is 0.667. The van der Waals surface area contributed by atoms with Gasteiger partial charge in [0.05, 0.1) is 5.01 Å². The van der Waals surface area contributed by atoms with Crippen molar-refractivity contribution in [2.24, 2.45) is 5.92 Å². The zero-order valence-electron chi connectivity index (χ0n) is 13.0. The van der Waals surface area contributed by atoms with Gasteiger partial charge in [0.2, 0.25) is 11.8 Å². The summed E-state index contributed by atoms with van der Waals surface area (Å²) in [5.41, 5.74) is 1.00. The number of piperazine rings is 1. The molecule has 2 rings (SSSR count). The Morgan fingerprint density at radius 1 is 1.43 bits per heavy atom. The minimum absolute atomic E-state index is 0.0316. The first-order valence-corrected chi connectivity index (χ1v) is 8.28. The monoisotopic (exact) mass is 309 g/mol. The fourth-order valence-electron chi connectivity index (χ4n) is 2.56. The van der Waals surface area contributed by atoms with Gasteiger partial charge in [-0.2, -0.15) is 0 Å². The maximum Gasteiger partial charge on any atom is 0.245 e. The van der Waals surface area contributed by atoms with Crippen molar-refractivity contribution in [3.05, 3.63) is 16.1 Å². The van der Waals surface area contributed by atoms with E-state index in [0.29, 0.717) is 25.3 Å². The molecule has 6 heteroatoms. The lowest BCUT2D eigenvalue weighted by Crippen LogP contribution is -2.62. The molecule has 1 aromatic heterocycles. The van der Waals surface area contributed by atoms with E-state index >= 15 is 0 Å². The average molecular weight is 309 g/mol. The van der Waals surface area contributed by atoms with Gasteiger partial charge >= 0.3 is 0 Å². The summed E-state index contributed by atoms with van der Waals surface area (Å²) in [6.07, 6.45) is 1.39. The highest BCUT2D eigenvalue weighted by molar-refractivity contribution is 7.09. The number of hydrogen-bond donors (Lipinski definition) is 1. The van der Waals surface area contributed by atoms with E-state index in [9.17, 15) is 9.59 Å². The number of nitrogens with zero attached hydrogens (tertiary/aromatic N) is 2. The van der Waals surface area contributed by atoms with Crippen molar-refractivity contribution in [3.63, 3.8) is 0 Å². The molecular formula is C15H23N3O2S. The van der Waals surface area contributed by atoms with E-state index in [1.54, 1.807) is 23.2 Å². The summed E-state index contributed by atoms with van der Waals surface area (Å²) in [6.45, 7) is 8.40. The molecule has 0 aliphatic carbocycles. The van der Waals surface area contributed by atoms with Crippen LogP contribution in [-0.2, 0) is 16.0 Å². The molecule has 21 heavy (non-hydrogen) atoms. The summed E-state index contributed by atoms with van der Waals surface area (Å²) in [4.78, 5) is 30.7. The van der Waals surface area contributed by atoms with E-state index in [4.69, 9.17) is 0 Å². The smallest absolute Gasteiger partial charge is 0.245 e. The summed E-state index contributed by atoms with van der Waals surface area (Å²) in [6, 6.07) is -0.784. The van der Waals surface area contributed by atoms with Gasteiger partial charge in [-0.25, -0.2) is 4.98 Å². The first-order chi connectivity index (χ1) is 9.88. The lowest BCUT2D eigenvalue weighted by Gasteiger charge is -2.37. The molecule has 0 aromatic carbocycles. The number of hydrogen-bond acceptors (Lipinski definition) is 4. The van der Waals surface area contributed by atoms with Crippen LogP contribution in [0.4, 0.5) is 0 Å². The van der Waals surface area contributed by atoms with Crippen molar-refractivity contribution < 1.29 is 9.59 Å². The molecule has 1 aliphatic rings. The van der Waals surface area contributed by atoms with Crippen LogP contribution in [0.3, 0.4) is 0 Å². The largest absolute Gasteiger partial charge is 0.343 e. The maximum atomic E-state index is 12.5. The van der Waals surface area contributed by atoms with Crippen LogP contribution < -0.4 is 5.32 Å². The Bertz CT molecular complexity index is 527. The fourth-order valence-corrected chi connectivity index (χ4v) is 3.32. The molecule has 2 heterocycles. The highest BCUT2D eigenvalue weighted by Gasteiger charge is 2.37. The van der Waals surface area contributed by atoms with Gasteiger partial charge in [0, 0.05) is 24.0 Å². The third-order valence-corrected chi connectivity index (χ3v) is 4.71. The molecule has 1 saturated heterocycles. The highest BCUT2D eigenvalue weighted by atomic mass is 32.1. The van der Waals surface area contributed by atoms with E-state index in [-0.39, 0.29) is 17.9 Å². The van der Waals surface area contributed by atoms with Crippen LogP contribution in [0.2, 0.25) is 0 Å². The van der Waals surface area contributed by atoms with Crippen LogP contribution in [0.15, 0.2) is 5.38 Å². The molecular weight excluding hydrogens is 286 g/mol. The number of aryl methyl sites for hydroxylation is 1.